The first-order valence-electron chi connectivity index (χ1n) is 27.4. The summed E-state index contributed by atoms with van der Waals surface area (Å²) >= 11 is 0. The lowest BCUT2D eigenvalue weighted by Crippen LogP contribution is -2.29. The molecule has 2 atom stereocenters. The molecule has 0 amide bonds. The molecule has 0 aliphatic heterocycles. The van der Waals surface area contributed by atoms with E-state index in [1.165, 1.54) is 77.0 Å². The van der Waals surface area contributed by atoms with E-state index in [2.05, 4.69) is 123 Å². The predicted octanol–water partition coefficient (Wildman–Crippen LogP) is 17.1. The number of phosphoric ester groups is 1. The maximum atomic E-state index is 12.7. The van der Waals surface area contributed by atoms with Crippen molar-refractivity contribution < 1.29 is 37.6 Å². The van der Waals surface area contributed by atoms with Gasteiger partial charge >= 0.3 is 19.8 Å². The van der Waals surface area contributed by atoms with E-state index < -0.39 is 32.5 Å². The van der Waals surface area contributed by atoms with E-state index in [1.54, 1.807) is 0 Å². The van der Waals surface area contributed by atoms with Crippen LogP contribution in [0.5, 0.6) is 0 Å². The Morgan fingerprint density at radius 3 is 1.19 bits per heavy atom. The second-order valence-corrected chi connectivity index (χ2v) is 19.2. The Morgan fingerprint density at radius 1 is 0.449 bits per heavy atom. The molecule has 3 N–H and O–H groups in total. The van der Waals surface area contributed by atoms with Crippen molar-refractivity contribution in [2.24, 2.45) is 5.73 Å². The van der Waals surface area contributed by atoms with Crippen molar-refractivity contribution in [3.63, 3.8) is 0 Å². The molecule has 0 aromatic rings. The van der Waals surface area contributed by atoms with Gasteiger partial charge in [0.2, 0.25) is 0 Å². The van der Waals surface area contributed by atoms with Gasteiger partial charge in [-0.05, 0) is 103 Å². The summed E-state index contributed by atoms with van der Waals surface area (Å²) < 4.78 is 33.0. The number of allylic oxidation sites excluding steroid dienone is 18. The summed E-state index contributed by atoms with van der Waals surface area (Å²) in [5.74, 6) is -0.851. The lowest BCUT2D eigenvalue weighted by atomic mass is 10.1. The smallest absolute Gasteiger partial charge is 0.462 e. The number of phosphoric acid groups is 1. The predicted molar refractivity (Wildman–Crippen MR) is 293 cm³/mol. The molecule has 0 saturated heterocycles. The van der Waals surface area contributed by atoms with Gasteiger partial charge in [0, 0.05) is 19.4 Å². The van der Waals surface area contributed by atoms with Gasteiger partial charge in [0.25, 0.3) is 0 Å². The SMILES string of the molecule is CC/C=C\C/C=C\C/C=C\C/C=C\C/C=C\C/C=C\C/C=C\CCCCCCCCCC(=O)OC(COC(=O)CCCCCCCCCCC/C=C\C/C=C\CCCCC)COP(=O)(O)OCCN. The van der Waals surface area contributed by atoms with Gasteiger partial charge in [-0.1, -0.05) is 213 Å². The Morgan fingerprint density at radius 2 is 0.797 bits per heavy atom. The summed E-state index contributed by atoms with van der Waals surface area (Å²) in [6, 6.07) is 0. The standard InChI is InChI=1S/C59H100NO8P/c1-3-5-7-9-11-13-15-17-19-21-23-24-25-26-27-28-29-30-31-32-34-36-38-40-42-44-46-48-50-52-59(62)68-57(56-67-69(63,64)66-54-53-60)55-65-58(61)51-49-47-45-43-41-39-37-35-33-22-20-18-16-14-12-10-8-6-4-2/h5,7,11-14,17-20,23-24,26-27,29-30,32,34,57H,3-4,6,8-10,15-16,21-22,25,28,31,33,35-56,60H2,1-2H3,(H,63,64)/b7-5-,13-11-,14-12-,19-17-,20-18-,24-23-,27-26-,30-29-,34-32-. The molecule has 0 aliphatic carbocycles. The normalized spacial score (nSPS) is 14.0. The first-order chi connectivity index (χ1) is 33.8. The monoisotopic (exact) mass is 982 g/mol. The first kappa shape index (κ1) is 65.7. The van der Waals surface area contributed by atoms with Gasteiger partial charge in [0.05, 0.1) is 13.2 Å². The van der Waals surface area contributed by atoms with Crippen molar-refractivity contribution in [1.82, 2.24) is 0 Å². The molecule has 0 bridgehead atoms. The lowest BCUT2D eigenvalue weighted by molar-refractivity contribution is -0.161. The molecule has 0 saturated carbocycles. The fraction of sp³-hybridized carbons (Fsp3) is 0.661. The van der Waals surface area contributed by atoms with E-state index in [-0.39, 0.29) is 32.6 Å². The van der Waals surface area contributed by atoms with Crippen molar-refractivity contribution >= 4 is 19.8 Å². The molecule has 0 spiro atoms. The maximum absolute atomic E-state index is 12.7. The Bertz CT molecular complexity index is 1490. The Balaban J connectivity index is 4.08. The number of carbonyl (C=O) groups is 2. The summed E-state index contributed by atoms with van der Waals surface area (Å²) in [7, 11) is -4.40. The van der Waals surface area contributed by atoms with E-state index in [0.717, 1.165) is 109 Å². The molecule has 2 unspecified atom stereocenters. The van der Waals surface area contributed by atoms with Crippen LogP contribution in [0.4, 0.5) is 0 Å². The summed E-state index contributed by atoms with van der Waals surface area (Å²) in [4.78, 5) is 35.1. The van der Waals surface area contributed by atoms with Crippen molar-refractivity contribution in [1.29, 1.82) is 0 Å². The van der Waals surface area contributed by atoms with Gasteiger partial charge in [-0.25, -0.2) is 4.57 Å². The lowest BCUT2D eigenvalue weighted by Gasteiger charge is -2.19. The molecule has 0 aliphatic rings. The summed E-state index contributed by atoms with van der Waals surface area (Å²) in [6.07, 6.45) is 72.7. The van der Waals surface area contributed by atoms with Gasteiger partial charge < -0.3 is 20.1 Å². The van der Waals surface area contributed by atoms with Crippen LogP contribution in [0, 0.1) is 0 Å². The van der Waals surface area contributed by atoms with Crippen LogP contribution >= 0.6 is 7.82 Å². The van der Waals surface area contributed by atoms with Crippen molar-refractivity contribution in [3.05, 3.63) is 109 Å². The fourth-order valence-corrected chi connectivity index (χ4v) is 7.88. The van der Waals surface area contributed by atoms with Crippen LogP contribution in [-0.2, 0) is 32.7 Å². The minimum Gasteiger partial charge on any atom is -0.462 e. The minimum atomic E-state index is -4.40. The third-order valence-corrected chi connectivity index (χ3v) is 12.1. The highest BCUT2D eigenvalue weighted by Crippen LogP contribution is 2.43. The molecule has 394 valence electrons. The molecule has 0 aromatic carbocycles. The summed E-state index contributed by atoms with van der Waals surface area (Å²) in [5, 5.41) is 0. The van der Waals surface area contributed by atoms with Crippen LogP contribution in [-0.4, -0.2) is 49.3 Å². The highest BCUT2D eigenvalue weighted by molar-refractivity contribution is 7.47. The van der Waals surface area contributed by atoms with Crippen molar-refractivity contribution in [2.75, 3.05) is 26.4 Å². The van der Waals surface area contributed by atoms with Gasteiger partial charge in [-0.15, -0.1) is 0 Å². The molecule has 10 heteroatoms. The van der Waals surface area contributed by atoms with Crippen LogP contribution in [0.25, 0.3) is 0 Å². The zero-order valence-corrected chi connectivity index (χ0v) is 44.6. The minimum absolute atomic E-state index is 0.0452. The topological polar surface area (TPSA) is 134 Å². The molecule has 0 heterocycles. The highest BCUT2D eigenvalue weighted by atomic mass is 31.2. The largest absolute Gasteiger partial charge is 0.472 e. The fourth-order valence-electron chi connectivity index (χ4n) is 7.12. The Hall–Kier alpha value is -3.33. The molecular weight excluding hydrogens is 882 g/mol. The zero-order valence-electron chi connectivity index (χ0n) is 43.8. The van der Waals surface area contributed by atoms with E-state index in [1.807, 2.05) is 0 Å². The van der Waals surface area contributed by atoms with Crippen molar-refractivity contribution in [3.8, 4) is 0 Å². The van der Waals surface area contributed by atoms with Gasteiger partial charge in [-0.3, -0.25) is 18.6 Å². The number of unbranched alkanes of at least 4 members (excludes halogenated alkanes) is 19. The van der Waals surface area contributed by atoms with E-state index in [9.17, 15) is 19.0 Å². The molecule has 0 radical (unpaired) electrons. The molecule has 0 fully saturated rings. The van der Waals surface area contributed by atoms with Crippen LogP contribution in [0.2, 0.25) is 0 Å². The number of rotatable bonds is 50. The highest BCUT2D eigenvalue weighted by Gasteiger charge is 2.26. The summed E-state index contributed by atoms with van der Waals surface area (Å²) in [5.41, 5.74) is 5.37. The molecule has 9 nitrogen and oxygen atoms in total. The van der Waals surface area contributed by atoms with Gasteiger partial charge in [0.15, 0.2) is 6.10 Å². The van der Waals surface area contributed by atoms with Gasteiger partial charge in [0.1, 0.15) is 6.61 Å². The van der Waals surface area contributed by atoms with E-state index >= 15 is 0 Å². The van der Waals surface area contributed by atoms with Crippen molar-refractivity contribution in [2.45, 2.75) is 225 Å². The third-order valence-electron chi connectivity index (χ3n) is 11.1. The first-order valence-corrected chi connectivity index (χ1v) is 28.9. The molecule has 0 rings (SSSR count). The number of nitrogens with two attached hydrogens (primary N) is 1. The van der Waals surface area contributed by atoms with Gasteiger partial charge in [-0.2, -0.15) is 0 Å². The summed E-state index contributed by atoms with van der Waals surface area (Å²) in [6.45, 7) is 3.58. The third kappa shape index (κ3) is 53.9. The average molecular weight is 982 g/mol. The second-order valence-electron chi connectivity index (χ2n) is 17.7. The van der Waals surface area contributed by atoms with Crippen LogP contribution < -0.4 is 5.73 Å². The zero-order chi connectivity index (χ0) is 50.2. The quantitative estimate of drug-likeness (QED) is 0.0264. The van der Waals surface area contributed by atoms with E-state index in [0.29, 0.717) is 6.42 Å². The number of hydrogen-bond donors (Lipinski definition) is 2. The molecule has 69 heavy (non-hydrogen) atoms. The maximum Gasteiger partial charge on any atom is 0.472 e. The average Bonchev–Trinajstić information content (AvgIpc) is 3.34. The van der Waals surface area contributed by atoms with Crippen LogP contribution in [0.1, 0.15) is 219 Å². The van der Waals surface area contributed by atoms with Crippen LogP contribution in [0.15, 0.2) is 109 Å². The Labute approximate surface area is 422 Å². The Kier molecular flexibility index (Phi) is 51.4. The number of ether oxygens (including phenoxy) is 2. The second kappa shape index (κ2) is 54.0. The number of hydrogen-bond acceptors (Lipinski definition) is 8. The molecule has 0 aromatic heterocycles. The van der Waals surface area contributed by atoms with E-state index in [4.69, 9.17) is 24.3 Å². The van der Waals surface area contributed by atoms with Crippen LogP contribution in [0.3, 0.4) is 0 Å². The number of esters is 2. The molecular formula is C59H100NO8P. The number of carbonyl (C=O) groups excluding carboxylic acids is 2.